The molecule has 0 saturated heterocycles. The Morgan fingerprint density at radius 1 is 1.37 bits per heavy atom. The van der Waals surface area contributed by atoms with Gasteiger partial charge in [0.1, 0.15) is 0 Å². The van der Waals surface area contributed by atoms with Gasteiger partial charge in [-0.2, -0.15) is 5.10 Å². The number of aryl methyl sites for hydroxylation is 1. The fourth-order valence-electron chi connectivity index (χ4n) is 2.02. The lowest BCUT2D eigenvalue weighted by Crippen LogP contribution is -2.45. The van der Waals surface area contributed by atoms with Crippen LogP contribution in [0.4, 0.5) is 0 Å². The molecule has 2 rings (SSSR count). The molecular formula is C15H22ClN3. The molecule has 1 aromatic carbocycles. The maximum atomic E-state index is 6.20. The minimum Gasteiger partial charge on any atom is -0.305 e. The van der Waals surface area contributed by atoms with Gasteiger partial charge in [-0.15, -0.1) is 11.6 Å². The zero-order chi connectivity index (χ0) is 14.0. The molecule has 0 bridgehead atoms. The van der Waals surface area contributed by atoms with Gasteiger partial charge in [0, 0.05) is 29.4 Å². The van der Waals surface area contributed by atoms with Gasteiger partial charge in [0.05, 0.1) is 11.2 Å². The third-order valence-corrected chi connectivity index (χ3v) is 4.29. The highest BCUT2D eigenvalue weighted by atomic mass is 35.5. The van der Waals surface area contributed by atoms with Crippen LogP contribution >= 0.6 is 11.6 Å². The van der Waals surface area contributed by atoms with E-state index < -0.39 is 0 Å². The first-order chi connectivity index (χ1) is 8.95. The van der Waals surface area contributed by atoms with Gasteiger partial charge in [-0.25, -0.2) is 0 Å². The summed E-state index contributed by atoms with van der Waals surface area (Å²) >= 11 is 6.20. The predicted molar refractivity (Wildman–Crippen MR) is 81.6 cm³/mol. The van der Waals surface area contributed by atoms with Crippen molar-refractivity contribution < 1.29 is 0 Å². The molecule has 0 spiro atoms. The molecule has 19 heavy (non-hydrogen) atoms. The average Bonchev–Trinajstić information content (AvgIpc) is 2.74. The number of rotatable bonds is 5. The van der Waals surface area contributed by atoms with Crippen molar-refractivity contribution in [3.8, 4) is 0 Å². The van der Waals surface area contributed by atoms with E-state index in [4.69, 9.17) is 11.6 Å². The van der Waals surface area contributed by atoms with Crippen molar-refractivity contribution >= 4 is 22.5 Å². The molecule has 1 unspecified atom stereocenters. The summed E-state index contributed by atoms with van der Waals surface area (Å²) in [5.74, 6) is 0. The van der Waals surface area contributed by atoms with Crippen molar-refractivity contribution in [2.45, 2.75) is 51.7 Å². The van der Waals surface area contributed by atoms with Gasteiger partial charge in [-0.05, 0) is 33.8 Å². The quantitative estimate of drug-likeness (QED) is 0.848. The smallest absolute Gasteiger partial charge is 0.0841 e. The maximum absolute atomic E-state index is 6.20. The summed E-state index contributed by atoms with van der Waals surface area (Å²) in [4.78, 5) is 0. The third kappa shape index (κ3) is 2.93. The Labute approximate surface area is 119 Å². The summed E-state index contributed by atoms with van der Waals surface area (Å²) in [6.45, 7) is 9.97. The molecule has 0 amide bonds. The Balaban J connectivity index is 2.26. The molecule has 1 N–H and O–H groups in total. The minimum atomic E-state index is -0.112. The van der Waals surface area contributed by atoms with Crippen molar-refractivity contribution in [1.29, 1.82) is 0 Å². The maximum Gasteiger partial charge on any atom is 0.0841 e. The first-order valence-corrected chi connectivity index (χ1v) is 7.23. The lowest BCUT2D eigenvalue weighted by Gasteiger charge is -2.28. The first kappa shape index (κ1) is 14.4. The van der Waals surface area contributed by atoms with E-state index in [0.29, 0.717) is 0 Å². The standard InChI is InChI=1S/C15H22ClN3/c1-5-19-14-9-7-6-8-12(14)13(18-19)10-17-15(3,4)11(2)16/h6-9,11,17H,5,10H2,1-4H3. The van der Waals surface area contributed by atoms with Gasteiger partial charge in [-0.3, -0.25) is 4.68 Å². The van der Waals surface area contributed by atoms with Crippen LogP contribution in [0.2, 0.25) is 0 Å². The highest BCUT2D eigenvalue weighted by molar-refractivity contribution is 6.21. The molecule has 1 atom stereocenters. The SMILES string of the molecule is CCn1nc(CNC(C)(C)C(C)Cl)c2ccccc21. The number of aromatic nitrogens is 2. The van der Waals surface area contributed by atoms with Crippen LogP contribution in [0, 0.1) is 0 Å². The molecule has 0 aliphatic heterocycles. The molecule has 0 radical (unpaired) electrons. The molecule has 2 aromatic rings. The number of hydrogen-bond acceptors (Lipinski definition) is 2. The average molecular weight is 280 g/mol. The monoisotopic (exact) mass is 279 g/mol. The molecule has 0 fully saturated rings. The molecule has 104 valence electrons. The van der Waals surface area contributed by atoms with Crippen LogP contribution < -0.4 is 5.32 Å². The van der Waals surface area contributed by atoms with E-state index in [1.54, 1.807) is 0 Å². The highest BCUT2D eigenvalue weighted by Crippen LogP contribution is 2.20. The number of nitrogens with zero attached hydrogens (tertiary/aromatic N) is 2. The van der Waals surface area contributed by atoms with Gasteiger partial charge in [-0.1, -0.05) is 18.2 Å². The predicted octanol–water partition coefficient (Wildman–Crippen LogP) is 3.55. The summed E-state index contributed by atoms with van der Waals surface area (Å²) in [6, 6.07) is 8.36. The number of halogens is 1. The molecule has 1 heterocycles. The summed E-state index contributed by atoms with van der Waals surface area (Å²) in [5, 5.41) is 9.46. The number of nitrogens with one attached hydrogen (secondary N) is 1. The molecule has 0 aliphatic rings. The number of benzene rings is 1. The van der Waals surface area contributed by atoms with Crippen LogP contribution in [-0.2, 0) is 13.1 Å². The van der Waals surface area contributed by atoms with E-state index >= 15 is 0 Å². The van der Waals surface area contributed by atoms with Gasteiger partial charge in [0.2, 0.25) is 0 Å². The van der Waals surface area contributed by atoms with Crippen LogP contribution in [0.25, 0.3) is 10.9 Å². The molecule has 1 aromatic heterocycles. The van der Waals surface area contributed by atoms with Crippen LogP contribution in [0.15, 0.2) is 24.3 Å². The Bertz CT molecular complexity index is 558. The fraction of sp³-hybridized carbons (Fsp3) is 0.533. The van der Waals surface area contributed by atoms with Crippen LogP contribution in [0.5, 0.6) is 0 Å². The topological polar surface area (TPSA) is 29.9 Å². The van der Waals surface area contributed by atoms with E-state index in [1.165, 1.54) is 10.9 Å². The lowest BCUT2D eigenvalue weighted by atomic mass is 10.0. The first-order valence-electron chi connectivity index (χ1n) is 6.79. The molecular weight excluding hydrogens is 258 g/mol. The van der Waals surface area contributed by atoms with Crippen molar-refractivity contribution in [3.05, 3.63) is 30.0 Å². The van der Waals surface area contributed by atoms with Crippen LogP contribution in [-0.4, -0.2) is 20.7 Å². The second-order valence-electron chi connectivity index (χ2n) is 5.47. The Kier molecular flexibility index (Phi) is 4.16. The normalized spacial score (nSPS) is 13.9. The third-order valence-electron chi connectivity index (χ3n) is 3.74. The highest BCUT2D eigenvalue weighted by Gasteiger charge is 2.24. The van der Waals surface area contributed by atoms with Crippen molar-refractivity contribution in [2.75, 3.05) is 0 Å². The lowest BCUT2D eigenvalue weighted by molar-refractivity contribution is 0.377. The van der Waals surface area contributed by atoms with Gasteiger partial charge in [0.25, 0.3) is 0 Å². The van der Waals surface area contributed by atoms with Gasteiger partial charge in [0.15, 0.2) is 0 Å². The van der Waals surface area contributed by atoms with E-state index in [9.17, 15) is 0 Å². The second-order valence-corrected chi connectivity index (χ2v) is 6.13. The molecule has 0 saturated carbocycles. The number of alkyl halides is 1. The summed E-state index contributed by atoms with van der Waals surface area (Å²) in [6.07, 6.45) is 0. The van der Waals surface area contributed by atoms with Gasteiger partial charge < -0.3 is 5.32 Å². The van der Waals surface area contributed by atoms with E-state index in [-0.39, 0.29) is 10.9 Å². The summed E-state index contributed by atoms with van der Waals surface area (Å²) in [5.41, 5.74) is 2.17. The summed E-state index contributed by atoms with van der Waals surface area (Å²) in [7, 11) is 0. The fourth-order valence-corrected chi connectivity index (χ4v) is 2.10. The van der Waals surface area contributed by atoms with Crippen molar-refractivity contribution in [1.82, 2.24) is 15.1 Å². The second kappa shape index (κ2) is 5.51. The summed E-state index contributed by atoms with van der Waals surface area (Å²) < 4.78 is 2.05. The van der Waals surface area contributed by atoms with E-state index in [0.717, 1.165) is 18.8 Å². The number of para-hydroxylation sites is 1. The zero-order valence-corrected chi connectivity index (χ0v) is 12.8. The molecule has 3 nitrogen and oxygen atoms in total. The number of fused-ring (bicyclic) bond motifs is 1. The van der Waals surface area contributed by atoms with E-state index in [2.05, 4.69) is 55.5 Å². The van der Waals surface area contributed by atoms with Crippen LogP contribution in [0.3, 0.4) is 0 Å². The Morgan fingerprint density at radius 2 is 2.05 bits per heavy atom. The Morgan fingerprint density at radius 3 is 2.68 bits per heavy atom. The largest absolute Gasteiger partial charge is 0.305 e. The molecule has 4 heteroatoms. The van der Waals surface area contributed by atoms with E-state index in [1.807, 2.05) is 11.6 Å². The van der Waals surface area contributed by atoms with Crippen molar-refractivity contribution in [2.24, 2.45) is 0 Å². The minimum absolute atomic E-state index is 0.0621. The zero-order valence-electron chi connectivity index (χ0n) is 12.1. The van der Waals surface area contributed by atoms with Crippen LogP contribution in [0.1, 0.15) is 33.4 Å². The van der Waals surface area contributed by atoms with Gasteiger partial charge >= 0.3 is 0 Å². The Hall–Kier alpha value is -1.06. The molecule has 0 aliphatic carbocycles. The number of hydrogen-bond donors (Lipinski definition) is 1. The van der Waals surface area contributed by atoms with Crippen molar-refractivity contribution in [3.63, 3.8) is 0 Å².